The number of amides is 1. The Kier molecular flexibility index (Phi) is 4.95. The molecule has 1 aromatic carbocycles. The third kappa shape index (κ3) is 4.24. The summed E-state index contributed by atoms with van der Waals surface area (Å²) in [7, 11) is 0. The van der Waals surface area contributed by atoms with Gasteiger partial charge in [0.2, 0.25) is 5.91 Å². The summed E-state index contributed by atoms with van der Waals surface area (Å²) < 4.78 is 26.7. The molecule has 98 valence electrons. The van der Waals surface area contributed by atoms with E-state index in [1.165, 1.54) is 25.1 Å². The Balaban J connectivity index is 2.62. The van der Waals surface area contributed by atoms with E-state index in [1.807, 2.05) is 0 Å². The van der Waals surface area contributed by atoms with Crippen molar-refractivity contribution in [3.8, 4) is 0 Å². The van der Waals surface area contributed by atoms with E-state index < -0.39 is 23.6 Å². The standard InChI is InChI=1S/C13H15F2NO2/c1-8(16-13(18)7-9(2)17)6-10-11(14)4-3-5-12(10)15/h3-5,8H,6-7H2,1-2H3,(H,16,18). The smallest absolute Gasteiger partial charge is 0.227 e. The highest BCUT2D eigenvalue weighted by Gasteiger charge is 2.14. The third-order valence-electron chi connectivity index (χ3n) is 2.39. The largest absolute Gasteiger partial charge is 0.353 e. The number of carbonyl (C=O) groups is 2. The van der Waals surface area contributed by atoms with Crippen LogP contribution < -0.4 is 5.32 Å². The minimum absolute atomic E-state index is 0.0438. The molecule has 3 nitrogen and oxygen atoms in total. The minimum Gasteiger partial charge on any atom is -0.353 e. The van der Waals surface area contributed by atoms with Crippen LogP contribution in [0.15, 0.2) is 18.2 Å². The number of benzene rings is 1. The van der Waals surface area contributed by atoms with Crippen molar-refractivity contribution in [1.82, 2.24) is 5.32 Å². The van der Waals surface area contributed by atoms with Crippen LogP contribution in [0.2, 0.25) is 0 Å². The van der Waals surface area contributed by atoms with Crippen molar-refractivity contribution in [3.63, 3.8) is 0 Å². The van der Waals surface area contributed by atoms with Gasteiger partial charge in [-0.25, -0.2) is 8.78 Å². The number of hydrogen-bond donors (Lipinski definition) is 1. The topological polar surface area (TPSA) is 46.2 Å². The Morgan fingerprint density at radius 3 is 2.33 bits per heavy atom. The summed E-state index contributed by atoms with van der Waals surface area (Å²) in [5.41, 5.74) is -0.0619. The number of Topliss-reactive ketones (excluding diaryl/α,β-unsaturated/α-hetero) is 1. The molecule has 1 N–H and O–H groups in total. The Morgan fingerprint density at radius 2 is 1.83 bits per heavy atom. The van der Waals surface area contributed by atoms with E-state index in [-0.39, 0.29) is 24.2 Å². The van der Waals surface area contributed by atoms with Crippen molar-refractivity contribution in [1.29, 1.82) is 0 Å². The summed E-state index contributed by atoms with van der Waals surface area (Å²) in [5, 5.41) is 2.52. The maximum atomic E-state index is 13.4. The first-order valence-electron chi connectivity index (χ1n) is 5.62. The van der Waals surface area contributed by atoms with Crippen molar-refractivity contribution in [2.75, 3.05) is 0 Å². The SMILES string of the molecule is CC(=O)CC(=O)NC(C)Cc1c(F)cccc1F. The highest BCUT2D eigenvalue weighted by molar-refractivity contribution is 5.96. The predicted molar refractivity (Wildman–Crippen MR) is 63.0 cm³/mol. The average molecular weight is 255 g/mol. The maximum absolute atomic E-state index is 13.4. The predicted octanol–water partition coefficient (Wildman–Crippen LogP) is 1.99. The molecule has 0 aliphatic carbocycles. The van der Waals surface area contributed by atoms with Gasteiger partial charge in [0.15, 0.2) is 0 Å². The fourth-order valence-corrected chi connectivity index (χ4v) is 1.64. The van der Waals surface area contributed by atoms with Gasteiger partial charge in [-0.1, -0.05) is 6.07 Å². The van der Waals surface area contributed by atoms with Gasteiger partial charge in [-0.3, -0.25) is 9.59 Å². The van der Waals surface area contributed by atoms with Gasteiger partial charge in [0.05, 0.1) is 6.42 Å². The molecular formula is C13H15F2NO2. The lowest BCUT2D eigenvalue weighted by Crippen LogP contribution is -2.35. The molecule has 1 amide bonds. The van der Waals surface area contributed by atoms with Gasteiger partial charge in [-0.15, -0.1) is 0 Å². The molecule has 0 saturated carbocycles. The second-order valence-electron chi connectivity index (χ2n) is 4.25. The van der Waals surface area contributed by atoms with E-state index in [2.05, 4.69) is 5.32 Å². The molecule has 0 aliphatic rings. The van der Waals surface area contributed by atoms with Crippen molar-refractivity contribution in [2.45, 2.75) is 32.7 Å². The molecule has 18 heavy (non-hydrogen) atoms. The van der Waals surface area contributed by atoms with E-state index >= 15 is 0 Å². The lowest BCUT2D eigenvalue weighted by molar-refractivity contribution is -0.127. The van der Waals surface area contributed by atoms with Crippen LogP contribution >= 0.6 is 0 Å². The van der Waals surface area contributed by atoms with E-state index in [9.17, 15) is 18.4 Å². The normalized spacial score (nSPS) is 12.0. The molecule has 5 heteroatoms. The number of carbonyl (C=O) groups excluding carboxylic acids is 2. The second-order valence-corrected chi connectivity index (χ2v) is 4.25. The Labute approximate surface area is 104 Å². The summed E-state index contributed by atoms with van der Waals surface area (Å²) in [5.74, 6) is -1.96. The second kappa shape index (κ2) is 6.23. The molecule has 0 heterocycles. The van der Waals surface area contributed by atoms with Gasteiger partial charge in [-0.2, -0.15) is 0 Å². The van der Waals surface area contributed by atoms with E-state index in [0.29, 0.717) is 0 Å². The van der Waals surface area contributed by atoms with Crippen LogP contribution in [0, 0.1) is 11.6 Å². The molecule has 1 rings (SSSR count). The fraction of sp³-hybridized carbons (Fsp3) is 0.385. The van der Waals surface area contributed by atoms with Crippen molar-refractivity contribution >= 4 is 11.7 Å². The number of ketones is 1. The summed E-state index contributed by atoms with van der Waals surface area (Å²) in [6.45, 7) is 2.94. The summed E-state index contributed by atoms with van der Waals surface area (Å²) in [4.78, 5) is 22.0. The summed E-state index contributed by atoms with van der Waals surface area (Å²) in [6.07, 6.45) is -0.174. The molecule has 0 radical (unpaired) electrons. The molecule has 0 fully saturated rings. The molecule has 0 aromatic heterocycles. The first-order chi connectivity index (χ1) is 8.40. The van der Waals surface area contributed by atoms with E-state index in [4.69, 9.17) is 0 Å². The average Bonchev–Trinajstić information content (AvgIpc) is 2.22. The Morgan fingerprint density at radius 1 is 1.28 bits per heavy atom. The number of rotatable bonds is 5. The van der Waals surface area contributed by atoms with Gasteiger partial charge in [0.1, 0.15) is 17.4 Å². The Hall–Kier alpha value is -1.78. The Bertz CT molecular complexity index is 440. The molecule has 1 unspecified atom stereocenters. The molecular weight excluding hydrogens is 240 g/mol. The van der Waals surface area contributed by atoms with Gasteiger partial charge in [0.25, 0.3) is 0 Å². The highest BCUT2D eigenvalue weighted by Crippen LogP contribution is 2.14. The van der Waals surface area contributed by atoms with Crippen molar-refractivity contribution in [3.05, 3.63) is 35.4 Å². The van der Waals surface area contributed by atoms with Gasteiger partial charge in [0, 0.05) is 11.6 Å². The zero-order valence-corrected chi connectivity index (χ0v) is 10.3. The minimum atomic E-state index is -0.636. The van der Waals surface area contributed by atoms with Crippen LogP contribution in [0.25, 0.3) is 0 Å². The number of halogens is 2. The van der Waals surface area contributed by atoms with Crippen LogP contribution in [0.1, 0.15) is 25.8 Å². The summed E-state index contributed by atoms with van der Waals surface area (Å²) >= 11 is 0. The first kappa shape index (κ1) is 14.3. The van der Waals surface area contributed by atoms with Crippen LogP contribution in [-0.4, -0.2) is 17.7 Å². The van der Waals surface area contributed by atoms with Crippen molar-refractivity contribution in [2.24, 2.45) is 0 Å². The van der Waals surface area contributed by atoms with Gasteiger partial charge in [-0.05, 0) is 32.4 Å². The quantitative estimate of drug-likeness (QED) is 0.818. The number of nitrogens with one attached hydrogen (secondary N) is 1. The lowest BCUT2D eigenvalue weighted by Gasteiger charge is -2.14. The molecule has 1 atom stereocenters. The van der Waals surface area contributed by atoms with E-state index in [1.54, 1.807) is 6.92 Å². The molecule has 1 aromatic rings. The molecule has 0 saturated heterocycles. The zero-order valence-electron chi connectivity index (χ0n) is 10.3. The fourth-order valence-electron chi connectivity index (χ4n) is 1.64. The van der Waals surface area contributed by atoms with Crippen LogP contribution in [0.3, 0.4) is 0 Å². The summed E-state index contributed by atoms with van der Waals surface area (Å²) in [6, 6.07) is 3.18. The first-order valence-corrected chi connectivity index (χ1v) is 5.62. The molecule has 0 spiro atoms. The maximum Gasteiger partial charge on any atom is 0.227 e. The zero-order chi connectivity index (χ0) is 13.7. The highest BCUT2D eigenvalue weighted by atomic mass is 19.1. The van der Waals surface area contributed by atoms with Crippen LogP contribution in [0.5, 0.6) is 0 Å². The van der Waals surface area contributed by atoms with Crippen LogP contribution in [-0.2, 0) is 16.0 Å². The monoisotopic (exact) mass is 255 g/mol. The lowest BCUT2D eigenvalue weighted by atomic mass is 10.1. The van der Waals surface area contributed by atoms with Gasteiger partial charge < -0.3 is 5.32 Å². The van der Waals surface area contributed by atoms with E-state index in [0.717, 1.165) is 0 Å². The molecule has 0 bridgehead atoms. The van der Waals surface area contributed by atoms with Crippen LogP contribution in [0.4, 0.5) is 8.78 Å². The van der Waals surface area contributed by atoms with Crippen molar-refractivity contribution < 1.29 is 18.4 Å². The van der Waals surface area contributed by atoms with Gasteiger partial charge >= 0.3 is 0 Å². The molecule has 0 aliphatic heterocycles. The number of hydrogen-bond acceptors (Lipinski definition) is 2. The third-order valence-corrected chi connectivity index (χ3v) is 2.39.